The lowest BCUT2D eigenvalue weighted by Gasteiger charge is -2.34. The average Bonchev–Trinajstić information content (AvgIpc) is 3.12. The number of aliphatic imine (C=N–C) groups is 1. The predicted molar refractivity (Wildman–Crippen MR) is 113 cm³/mol. The predicted octanol–water partition coefficient (Wildman–Crippen LogP) is 4.64. The molecule has 3 heterocycles. The quantitative estimate of drug-likeness (QED) is 0.636. The first kappa shape index (κ1) is 22.4. The van der Waals surface area contributed by atoms with E-state index in [1.807, 2.05) is 0 Å². The summed E-state index contributed by atoms with van der Waals surface area (Å²) in [5.74, 6) is -3.21. The van der Waals surface area contributed by atoms with Gasteiger partial charge in [-0.25, -0.2) is 13.8 Å². The highest BCUT2D eigenvalue weighted by Gasteiger charge is 2.48. The lowest BCUT2D eigenvalue weighted by Crippen LogP contribution is -2.40. The van der Waals surface area contributed by atoms with Crippen LogP contribution in [-0.4, -0.2) is 47.8 Å². The average molecular weight is 480 g/mol. The molecule has 2 aromatic rings. The van der Waals surface area contributed by atoms with Crippen LogP contribution >= 0.6 is 0 Å². The van der Waals surface area contributed by atoms with Gasteiger partial charge >= 0.3 is 6.18 Å². The number of guanidine groups is 1. The molecular formula is C23H21F5N4O2. The van der Waals surface area contributed by atoms with Crippen LogP contribution in [0.2, 0.25) is 0 Å². The number of benzene rings is 2. The Morgan fingerprint density at radius 2 is 1.97 bits per heavy atom. The third-order valence-corrected chi connectivity index (χ3v) is 6.57. The Hall–Kier alpha value is -3.37. The van der Waals surface area contributed by atoms with E-state index in [9.17, 15) is 26.7 Å². The van der Waals surface area contributed by atoms with Gasteiger partial charge in [-0.3, -0.25) is 4.79 Å². The molecule has 0 aromatic heterocycles. The molecule has 5 rings (SSSR count). The van der Waals surface area contributed by atoms with Crippen LogP contribution in [0.1, 0.15) is 52.0 Å². The number of ether oxygens (including phenoxy) is 1. The van der Waals surface area contributed by atoms with E-state index in [0.717, 1.165) is 12.1 Å². The summed E-state index contributed by atoms with van der Waals surface area (Å²) in [5, 5.41) is 0. The molecule has 0 saturated carbocycles. The summed E-state index contributed by atoms with van der Waals surface area (Å²) >= 11 is 0. The van der Waals surface area contributed by atoms with Crippen LogP contribution in [0, 0.1) is 0 Å². The Kier molecular flexibility index (Phi) is 4.99. The summed E-state index contributed by atoms with van der Waals surface area (Å²) in [5.41, 5.74) is 6.72. The molecule has 1 fully saturated rings. The van der Waals surface area contributed by atoms with E-state index in [4.69, 9.17) is 10.5 Å². The van der Waals surface area contributed by atoms with Crippen molar-refractivity contribution < 1.29 is 31.5 Å². The van der Waals surface area contributed by atoms with Crippen LogP contribution in [0.15, 0.2) is 41.4 Å². The van der Waals surface area contributed by atoms with Crippen LogP contribution < -0.4 is 10.5 Å². The Morgan fingerprint density at radius 3 is 2.71 bits per heavy atom. The van der Waals surface area contributed by atoms with Crippen LogP contribution in [0.25, 0.3) is 0 Å². The molecule has 1 saturated heterocycles. The molecule has 2 N–H and O–H groups in total. The van der Waals surface area contributed by atoms with E-state index in [-0.39, 0.29) is 29.8 Å². The van der Waals surface area contributed by atoms with Crippen molar-refractivity contribution in [3.63, 3.8) is 0 Å². The van der Waals surface area contributed by atoms with Crippen molar-refractivity contribution >= 4 is 17.6 Å². The molecule has 34 heavy (non-hydrogen) atoms. The summed E-state index contributed by atoms with van der Waals surface area (Å²) in [6.45, 7) is -0.385. The number of amides is 1. The molecule has 1 amide bonds. The van der Waals surface area contributed by atoms with Gasteiger partial charge in [0.25, 0.3) is 11.8 Å². The maximum atomic E-state index is 14.1. The summed E-state index contributed by atoms with van der Waals surface area (Å²) in [6, 6.07) is 6.71. The largest absolute Gasteiger partial charge is 0.493 e. The van der Waals surface area contributed by atoms with Crippen molar-refractivity contribution in [3.8, 4) is 5.75 Å². The SMILES string of the molecule is CN(C(=O)c1ccc2c(c1)[C@H]1CC(F)(F)CN1C(N)=N2)[C@H]1CCOc2cc(C(F)(F)F)ccc21. The summed E-state index contributed by atoms with van der Waals surface area (Å²) in [7, 11) is 1.56. The first-order chi connectivity index (χ1) is 15.9. The van der Waals surface area contributed by atoms with Crippen molar-refractivity contribution in [2.75, 3.05) is 20.2 Å². The Balaban J connectivity index is 1.44. The van der Waals surface area contributed by atoms with Gasteiger partial charge in [-0.2, -0.15) is 13.2 Å². The first-order valence-electron chi connectivity index (χ1n) is 10.7. The van der Waals surface area contributed by atoms with Crippen LogP contribution in [0.4, 0.5) is 27.6 Å². The Bertz CT molecular complexity index is 1200. The zero-order chi connectivity index (χ0) is 24.4. The number of fused-ring (bicyclic) bond motifs is 4. The van der Waals surface area contributed by atoms with E-state index in [1.165, 1.54) is 15.9 Å². The smallest absolute Gasteiger partial charge is 0.416 e. The zero-order valence-corrected chi connectivity index (χ0v) is 18.1. The van der Waals surface area contributed by atoms with Gasteiger partial charge in [-0.1, -0.05) is 6.07 Å². The fourth-order valence-corrected chi connectivity index (χ4v) is 4.87. The van der Waals surface area contributed by atoms with E-state index in [1.54, 1.807) is 25.2 Å². The highest BCUT2D eigenvalue weighted by molar-refractivity contribution is 5.96. The van der Waals surface area contributed by atoms with E-state index in [0.29, 0.717) is 23.2 Å². The third kappa shape index (κ3) is 3.72. The molecule has 0 aliphatic carbocycles. The fourth-order valence-electron chi connectivity index (χ4n) is 4.87. The molecule has 3 aliphatic heterocycles. The number of nitrogens with two attached hydrogens (primary N) is 1. The van der Waals surface area contributed by atoms with Crippen LogP contribution in [0.5, 0.6) is 5.75 Å². The second-order valence-electron chi connectivity index (χ2n) is 8.77. The molecule has 2 atom stereocenters. The highest BCUT2D eigenvalue weighted by Crippen LogP contribution is 2.47. The lowest BCUT2D eigenvalue weighted by molar-refractivity contribution is -0.137. The number of carbonyl (C=O) groups excluding carboxylic acids is 1. The number of nitrogens with zero attached hydrogens (tertiary/aromatic N) is 3. The second kappa shape index (κ2) is 7.57. The Morgan fingerprint density at radius 1 is 1.21 bits per heavy atom. The molecule has 6 nitrogen and oxygen atoms in total. The monoisotopic (exact) mass is 480 g/mol. The van der Waals surface area contributed by atoms with E-state index >= 15 is 0 Å². The first-order valence-corrected chi connectivity index (χ1v) is 10.7. The molecular weight excluding hydrogens is 459 g/mol. The minimum Gasteiger partial charge on any atom is -0.493 e. The van der Waals surface area contributed by atoms with Crippen molar-refractivity contribution in [1.29, 1.82) is 0 Å². The number of halogens is 5. The summed E-state index contributed by atoms with van der Waals surface area (Å²) in [4.78, 5) is 20.3. The molecule has 11 heteroatoms. The highest BCUT2D eigenvalue weighted by atomic mass is 19.4. The van der Waals surface area contributed by atoms with Crippen LogP contribution in [-0.2, 0) is 6.18 Å². The molecule has 180 valence electrons. The normalized spacial score (nSPS) is 22.8. The molecule has 0 spiro atoms. The second-order valence-corrected chi connectivity index (χ2v) is 8.77. The molecule has 3 aliphatic rings. The minimum atomic E-state index is -4.51. The maximum absolute atomic E-state index is 14.1. The van der Waals surface area contributed by atoms with Crippen molar-refractivity contribution in [3.05, 3.63) is 58.7 Å². The van der Waals surface area contributed by atoms with Crippen LogP contribution in [0.3, 0.4) is 0 Å². The lowest BCUT2D eigenvalue weighted by atomic mass is 9.95. The van der Waals surface area contributed by atoms with Gasteiger partial charge in [0.2, 0.25) is 0 Å². The zero-order valence-electron chi connectivity index (χ0n) is 18.1. The van der Waals surface area contributed by atoms with Gasteiger partial charge < -0.3 is 20.3 Å². The van der Waals surface area contributed by atoms with Gasteiger partial charge in [0, 0.05) is 36.6 Å². The number of rotatable bonds is 2. The van der Waals surface area contributed by atoms with E-state index < -0.39 is 42.7 Å². The molecule has 0 bridgehead atoms. The molecule has 0 unspecified atom stereocenters. The topological polar surface area (TPSA) is 71.2 Å². The number of hydrogen-bond acceptors (Lipinski definition) is 5. The minimum absolute atomic E-state index is 0.0166. The van der Waals surface area contributed by atoms with Crippen molar-refractivity contribution in [1.82, 2.24) is 9.80 Å². The third-order valence-electron chi connectivity index (χ3n) is 6.57. The number of carbonyl (C=O) groups is 1. The molecule has 0 radical (unpaired) electrons. The number of alkyl halides is 5. The van der Waals surface area contributed by atoms with E-state index in [2.05, 4.69) is 4.99 Å². The van der Waals surface area contributed by atoms with Crippen molar-refractivity contribution in [2.24, 2.45) is 10.7 Å². The Labute approximate surface area is 191 Å². The number of hydrogen-bond donors (Lipinski definition) is 1. The summed E-state index contributed by atoms with van der Waals surface area (Å²) in [6.07, 6.45) is -4.54. The van der Waals surface area contributed by atoms with Gasteiger partial charge in [-0.15, -0.1) is 0 Å². The van der Waals surface area contributed by atoms with Gasteiger partial charge in [0.05, 0.1) is 36.5 Å². The standard InChI is InChI=1S/C23H21F5N4O2/c1-31(17-6-7-34-19-9-13(23(26,27)28)3-4-14(17)19)20(33)12-2-5-16-15(8-12)18-10-22(24,25)11-32(18)21(29)30-16/h2-5,8-9,17-18H,6-7,10-11H2,1H3,(H2,29,30)/t17-,18+/m0/s1. The summed E-state index contributed by atoms with van der Waals surface area (Å²) < 4.78 is 72.8. The van der Waals surface area contributed by atoms with Crippen molar-refractivity contribution in [2.45, 2.75) is 37.0 Å². The fraction of sp³-hybridized carbons (Fsp3) is 0.391. The maximum Gasteiger partial charge on any atom is 0.416 e. The molecule has 2 aromatic carbocycles. The van der Waals surface area contributed by atoms with Gasteiger partial charge in [0.15, 0.2) is 5.96 Å². The van der Waals surface area contributed by atoms with Gasteiger partial charge in [-0.05, 0) is 30.3 Å². The van der Waals surface area contributed by atoms with Gasteiger partial charge in [0.1, 0.15) is 5.75 Å².